The van der Waals surface area contributed by atoms with Crippen LogP contribution in [0.2, 0.25) is 5.02 Å². The molecule has 2 N–H and O–H groups in total. The lowest BCUT2D eigenvalue weighted by Crippen LogP contribution is -2.29. The third kappa shape index (κ3) is 3.40. The maximum atomic E-state index is 11.2. The quantitative estimate of drug-likeness (QED) is 0.864. The SMILES string of the molecule is NC(=O)C(Cc1ccccc1-c1ccc(Cl)cc1)[S+]=O. The average Bonchev–Trinajstić information content (AvgIpc) is 2.46. The van der Waals surface area contributed by atoms with Crippen LogP contribution < -0.4 is 5.73 Å². The second-order valence-electron chi connectivity index (χ2n) is 4.36. The fraction of sp³-hybridized carbons (Fsp3) is 0.133. The number of nitrogens with two attached hydrogens (primary N) is 1. The molecule has 0 spiro atoms. The fourth-order valence-corrected chi connectivity index (χ4v) is 2.46. The van der Waals surface area contributed by atoms with Crippen molar-refractivity contribution in [3.8, 4) is 11.1 Å². The summed E-state index contributed by atoms with van der Waals surface area (Å²) in [6.07, 6.45) is 0.322. The third-order valence-electron chi connectivity index (χ3n) is 3.01. The number of amides is 1. The first-order valence-electron chi connectivity index (χ1n) is 6.03. The number of carbonyl (C=O) groups is 1. The third-order valence-corrected chi connectivity index (χ3v) is 3.89. The molecule has 2 rings (SSSR count). The highest BCUT2D eigenvalue weighted by Gasteiger charge is 2.29. The zero-order valence-corrected chi connectivity index (χ0v) is 12.2. The summed E-state index contributed by atoms with van der Waals surface area (Å²) in [5.74, 6) is -0.587. The molecular weight excluding hydrogens is 294 g/mol. The van der Waals surface area contributed by atoms with E-state index in [0.717, 1.165) is 16.7 Å². The molecule has 0 aliphatic heterocycles. The van der Waals surface area contributed by atoms with Crippen LogP contribution in [0.4, 0.5) is 0 Å². The van der Waals surface area contributed by atoms with E-state index in [1.165, 1.54) is 0 Å². The highest BCUT2D eigenvalue weighted by molar-refractivity contribution is 7.67. The standard InChI is InChI=1S/C15H12ClNO2S/c16-12-7-5-10(6-8-12)13-4-2-1-3-11(13)9-14(20-19)15(17)18/h1-8,14H,9H2,(H-,17,18)/p+1. The summed E-state index contributed by atoms with van der Waals surface area (Å²) in [5, 5.41) is -0.0974. The van der Waals surface area contributed by atoms with Crippen LogP contribution in [0.25, 0.3) is 11.1 Å². The summed E-state index contributed by atoms with van der Waals surface area (Å²) in [4.78, 5) is 11.2. The van der Waals surface area contributed by atoms with Gasteiger partial charge in [-0.3, -0.25) is 4.79 Å². The first-order chi connectivity index (χ1) is 9.61. The van der Waals surface area contributed by atoms with Crippen LogP contribution in [0.1, 0.15) is 5.56 Å². The van der Waals surface area contributed by atoms with Crippen LogP contribution in [0.15, 0.2) is 48.5 Å². The Kier molecular flexibility index (Phi) is 4.82. The Bertz CT molecular complexity index is 628. The molecule has 3 nitrogen and oxygen atoms in total. The van der Waals surface area contributed by atoms with Gasteiger partial charge in [0.2, 0.25) is 0 Å². The topological polar surface area (TPSA) is 60.2 Å². The summed E-state index contributed by atoms with van der Waals surface area (Å²) in [7, 11) is 0. The van der Waals surface area contributed by atoms with Crippen molar-refractivity contribution < 1.29 is 9.00 Å². The molecule has 1 unspecified atom stereocenters. The number of hydrogen-bond donors (Lipinski definition) is 1. The predicted molar refractivity (Wildman–Crippen MR) is 81.6 cm³/mol. The maximum absolute atomic E-state index is 11.2. The summed E-state index contributed by atoms with van der Waals surface area (Å²) in [6, 6.07) is 15.1. The fourth-order valence-electron chi connectivity index (χ4n) is 1.99. The summed E-state index contributed by atoms with van der Waals surface area (Å²) in [5.41, 5.74) is 8.11. The minimum absolute atomic E-state index is 0.234. The Hall–Kier alpha value is -1.78. The number of benzene rings is 2. The molecule has 0 saturated carbocycles. The van der Waals surface area contributed by atoms with Gasteiger partial charge in [0.1, 0.15) is 0 Å². The molecule has 0 bridgehead atoms. The van der Waals surface area contributed by atoms with Crippen molar-refractivity contribution in [1.29, 1.82) is 0 Å². The van der Waals surface area contributed by atoms with Crippen molar-refractivity contribution in [2.45, 2.75) is 11.7 Å². The highest BCUT2D eigenvalue weighted by atomic mass is 35.5. The number of rotatable bonds is 5. The number of carbonyl (C=O) groups excluding carboxylic acids is 1. The normalized spacial score (nSPS) is 11.8. The van der Waals surface area contributed by atoms with Crippen LogP contribution in [-0.4, -0.2) is 11.2 Å². The zero-order chi connectivity index (χ0) is 14.5. The Morgan fingerprint density at radius 3 is 2.40 bits per heavy atom. The van der Waals surface area contributed by atoms with Crippen molar-refractivity contribution in [1.82, 2.24) is 0 Å². The number of primary amides is 1. The Morgan fingerprint density at radius 1 is 1.15 bits per heavy atom. The van der Waals surface area contributed by atoms with Gasteiger partial charge in [-0.15, -0.1) is 0 Å². The molecule has 0 fully saturated rings. The zero-order valence-electron chi connectivity index (χ0n) is 10.6. The molecule has 102 valence electrons. The summed E-state index contributed by atoms with van der Waals surface area (Å²) < 4.78 is 11.0. The highest BCUT2D eigenvalue weighted by Crippen LogP contribution is 2.26. The van der Waals surface area contributed by atoms with E-state index in [4.69, 9.17) is 17.3 Å². The van der Waals surface area contributed by atoms with Gasteiger partial charge in [-0.05, 0) is 28.8 Å². The van der Waals surface area contributed by atoms with E-state index in [0.29, 0.717) is 11.4 Å². The van der Waals surface area contributed by atoms with Crippen LogP contribution >= 0.6 is 11.6 Å². The van der Waals surface area contributed by atoms with Crippen molar-refractivity contribution in [2.24, 2.45) is 5.73 Å². The minimum Gasteiger partial charge on any atom is -0.365 e. The van der Waals surface area contributed by atoms with Gasteiger partial charge in [-0.2, -0.15) is 0 Å². The average molecular weight is 307 g/mol. The van der Waals surface area contributed by atoms with Gasteiger partial charge in [0.25, 0.3) is 5.91 Å². The van der Waals surface area contributed by atoms with Gasteiger partial charge in [-0.25, -0.2) is 0 Å². The van der Waals surface area contributed by atoms with E-state index in [2.05, 4.69) is 0 Å². The molecule has 0 heterocycles. The molecule has 5 heteroatoms. The minimum atomic E-state index is -0.761. The lowest BCUT2D eigenvalue weighted by atomic mass is 9.96. The largest absolute Gasteiger partial charge is 0.473 e. The maximum Gasteiger partial charge on any atom is 0.473 e. The second kappa shape index (κ2) is 6.59. The lowest BCUT2D eigenvalue weighted by Gasteiger charge is -2.08. The second-order valence-corrected chi connectivity index (χ2v) is 5.55. The van der Waals surface area contributed by atoms with Crippen LogP contribution in [0.5, 0.6) is 0 Å². The lowest BCUT2D eigenvalue weighted by molar-refractivity contribution is -0.117. The van der Waals surface area contributed by atoms with Gasteiger partial charge in [-0.1, -0.05) is 48.0 Å². The van der Waals surface area contributed by atoms with E-state index >= 15 is 0 Å². The molecule has 0 aliphatic rings. The van der Waals surface area contributed by atoms with Gasteiger partial charge < -0.3 is 5.73 Å². The van der Waals surface area contributed by atoms with E-state index in [-0.39, 0.29) is 11.7 Å². The molecule has 0 saturated heterocycles. The Labute approximate surface area is 126 Å². The molecule has 0 aromatic heterocycles. The van der Waals surface area contributed by atoms with Crippen molar-refractivity contribution in [3.05, 3.63) is 59.1 Å². The van der Waals surface area contributed by atoms with E-state index in [1.54, 1.807) is 0 Å². The number of halogens is 1. The van der Waals surface area contributed by atoms with Gasteiger partial charge >= 0.3 is 16.9 Å². The molecule has 1 atom stereocenters. The van der Waals surface area contributed by atoms with Crippen LogP contribution in [-0.2, 0) is 27.1 Å². The van der Waals surface area contributed by atoms with Crippen molar-refractivity contribution in [2.75, 3.05) is 0 Å². The first-order valence-corrected chi connectivity index (χ1v) is 7.22. The summed E-state index contributed by atoms with van der Waals surface area (Å²) >= 11 is 6.11. The van der Waals surface area contributed by atoms with Crippen molar-refractivity contribution in [3.63, 3.8) is 0 Å². The summed E-state index contributed by atoms with van der Waals surface area (Å²) in [6.45, 7) is 0. The molecule has 0 radical (unpaired) electrons. The molecule has 20 heavy (non-hydrogen) atoms. The molecule has 2 aromatic rings. The van der Waals surface area contributed by atoms with Crippen LogP contribution in [0, 0.1) is 0 Å². The van der Waals surface area contributed by atoms with Gasteiger partial charge in [0.15, 0.2) is 0 Å². The predicted octanol–water partition coefficient (Wildman–Crippen LogP) is 2.83. The van der Waals surface area contributed by atoms with E-state index < -0.39 is 11.2 Å². The molecule has 1 amide bonds. The van der Waals surface area contributed by atoms with Gasteiger partial charge in [0.05, 0.1) is 0 Å². The molecule has 0 aliphatic carbocycles. The first kappa shape index (κ1) is 14.6. The van der Waals surface area contributed by atoms with E-state index in [9.17, 15) is 9.00 Å². The number of hydrogen-bond acceptors (Lipinski definition) is 2. The van der Waals surface area contributed by atoms with Gasteiger partial charge in [0, 0.05) is 15.7 Å². The van der Waals surface area contributed by atoms with Crippen LogP contribution in [0.3, 0.4) is 0 Å². The Balaban J connectivity index is 2.37. The smallest absolute Gasteiger partial charge is 0.365 e. The van der Waals surface area contributed by atoms with E-state index in [1.807, 2.05) is 48.5 Å². The van der Waals surface area contributed by atoms with Crippen molar-refractivity contribution >= 4 is 29.2 Å². The monoisotopic (exact) mass is 306 g/mol. The Morgan fingerprint density at radius 2 is 1.80 bits per heavy atom. The molecule has 2 aromatic carbocycles. The molecular formula is C15H13ClNO2S+.